The molecule has 0 saturated carbocycles. The molecule has 4 aromatic rings. The Morgan fingerprint density at radius 3 is 2.61 bits per heavy atom. The lowest BCUT2D eigenvalue weighted by Gasteiger charge is -2.20. The topological polar surface area (TPSA) is 128 Å². The molecule has 0 aliphatic carbocycles. The normalized spacial score (nSPS) is 12.5. The fourth-order valence-electron chi connectivity index (χ4n) is 3.83. The third-order valence-corrected chi connectivity index (χ3v) is 5.80. The molecule has 1 amide bonds. The quantitative estimate of drug-likeness (QED) is 0.360. The van der Waals surface area contributed by atoms with Crippen molar-refractivity contribution in [2.24, 2.45) is 0 Å². The van der Waals surface area contributed by atoms with E-state index < -0.39 is 41.4 Å². The van der Waals surface area contributed by atoms with Crippen LogP contribution in [0.3, 0.4) is 0 Å². The summed E-state index contributed by atoms with van der Waals surface area (Å²) < 4.78 is 45.3. The average molecular weight is 528 g/mol. The molecule has 1 atom stereocenters. The van der Waals surface area contributed by atoms with E-state index in [1.165, 1.54) is 31.3 Å². The smallest absolute Gasteiger partial charge is 0.298 e. The van der Waals surface area contributed by atoms with Gasteiger partial charge in [0.25, 0.3) is 17.4 Å². The van der Waals surface area contributed by atoms with Crippen molar-refractivity contribution in [1.29, 1.82) is 0 Å². The third-order valence-electron chi connectivity index (χ3n) is 5.80. The van der Waals surface area contributed by atoms with Gasteiger partial charge in [0.2, 0.25) is 0 Å². The molecule has 4 rings (SSSR count). The van der Waals surface area contributed by atoms with E-state index in [2.05, 4.69) is 25.7 Å². The highest BCUT2D eigenvalue weighted by Crippen LogP contribution is 2.32. The molecule has 3 aromatic heterocycles. The molecule has 13 heteroatoms. The molecule has 3 heterocycles. The standard InChI is InChI=1S/C25H24F3N7O3/c1-14(2)34-21(12-30-33-34)16-9-17(11-29-10-16)35-22(37)8-7-20(32-35)24(38)31-15(3)18-5-4-6-19(23(18)26)25(27,28)13-36/h4-12,14-15,36H,13H2,1-3H3,(H,31,38)/t15-/m1/s1. The van der Waals surface area contributed by atoms with Crippen LogP contribution >= 0.6 is 0 Å². The van der Waals surface area contributed by atoms with Crippen LogP contribution in [0.1, 0.15) is 54.5 Å². The number of halogens is 3. The van der Waals surface area contributed by atoms with Crippen molar-refractivity contribution in [3.8, 4) is 16.9 Å². The largest absolute Gasteiger partial charge is 0.390 e. The average Bonchev–Trinajstić information content (AvgIpc) is 3.39. The van der Waals surface area contributed by atoms with Gasteiger partial charge in [0.15, 0.2) is 0 Å². The maximum Gasteiger partial charge on any atom is 0.298 e. The Bertz CT molecular complexity index is 1530. The molecule has 198 valence electrons. The minimum atomic E-state index is -3.79. The van der Waals surface area contributed by atoms with Crippen molar-refractivity contribution in [2.45, 2.75) is 38.8 Å². The maximum atomic E-state index is 14.8. The number of alkyl halides is 2. The minimum absolute atomic E-state index is 0.0198. The number of hydrogen-bond donors (Lipinski definition) is 2. The Kier molecular flexibility index (Phi) is 7.39. The first-order valence-electron chi connectivity index (χ1n) is 11.6. The number of aromatic nitrogens is 6. The van der Waals surface area contributed by atoms with Crippen LogP contribution in [0.15, 0.2) is 59.8 Å². The van der Waals surface area contributed by atoms with Gasteiger partial charge in [0.1, 0.15) is 18.1 Å². The molecule has 0 aliphatic heterocycles. The van der Waals surface area contributed by atoms with Crippen LogP contribution in [0.4, 0.5) is 13.2 Å². The summed E-state index contributed by atoms with van der Waals surface area (Å²) >= 11 is 0. The van der Waals surface area contributed by atoms with E-state index in [0.717, 1.165) is 16.8 Å². The molecule has 0 bridgehead atoms. The Morgan fingerprint density at radius 2 is 1.89 bits per heavy atom. The molecule has 38 heavy (non-hydrogen) atoms. The highest BCUT2D eigenvalue weighted by molar-refractivity contribution is 5.92. The van der Waals surface area contributed by atoms with Gasteiger partial charge in [-0.25, -0.2) is 9.07 Å². The van der Waals surface area contributed by atoms with Gasteiger partial charge < -0.3 is 10.4 Å². The van der Waals surface area contributed by atoms with Crippen LogP contribution in [0, 0.1) is 5.82 Å². The summed E-state index contributed by atoms with van der Waals surface area (Å²) in [6.07, 6.45) is 4.54. The monoisotopic (exact) mass is 527 g/mol. The second kappa shape index (κ2) is 10.5. The predicted octanol–water partition coefficient (Wildman–Crippen LogP) is 3.18. The van der Waals surface area contributed by atoms with E-state index in [4.69, 9.17) is 5.11 Å². The zero-order valence-electron chi connectivity index (χ0n) is 20.6. The number of rotatable bonds is 8. The summed E-state index contributed by atoms with van der Waals surface area (Å²) in [4.78, 5) is 29.7. The molecule has 2 N–H and O–H groups in total. The van der Waals surface area contributed by atoms with Gasteiger partial charge in [0.05, 0.1) is 35.4 Å². The molecular weight excluding hydrogens is 503 g/mol. The van der Waals surface area contributed by atoms with Gasteiger partial charge in [-0.1, -0.05) is 17.3 Å². The Morgan fingerprint density at radius 1 is 1.13 bits per heavy atom. The van der Waals surface area contributed by atoms with Crippen molar-refractivity contribution >= 4 is 5.91 Å². The van der Waals surface area contributed by atoms with Crippen LogP contribution in [-0.2, 0) is 5.92 Å². The molecular formula is C25H24F3N7O3. The van der Waals surface area contributed by atoms with Gasteiger partial charge in [-0.3, -0.25) is 14.6 Å². The number of nitrogens with one attached hydrogen (secondary N) is 1. The Hall–Kier alpha value is -4.39. The number of nitrogens with zero attached hydrogens (tertiary/aromatic N) is 6. The highest BCUT2D eigenvalue weighted by atomic mass is 19.3. The first-order valence-corrected chi connectivity index (χ1v) is 11.6. The number of hydrogen-bond acceptors (Lipinski definition) is 7. The van der Waals surface area contributed by atoms with Crippen molar-refractivity contribution in [1.82, 2.24) is 35.1 Å². The summed E-state index contributed by atoms with van der Waals surface area (Å²) in [7, 11) is 0. The van der Waals surface area contributed by atoms with Crippen molar-refractivity contribution in [3.05, 3.63) is 88.0 Å². The fourth-order valence-corrected chi connectivity index (χ4v) is 3.83. The number of aliphatic hydroxyl groups is 1. The minimum Gasteiger partial charge on any atom is -0.390 e. The lowest BCUT2D eigenvalue weighted by Crippen LogP contribution is -2.31. The second-order valence-corrected chi connectivity index (χ2v) is 8.82. The lowest BCUT2D eigenvalue weighted by atomic mass is 10.0. The molecule has 0 aliphatic rings. The van der Waals surface area contributed by atoms with Crippen molar-refractivity contribution in [2.75, 3.05) is 6.61 Å². The van der Waals surface area contributed by atoms with Crippen LogP contribution in [0.25, 0.3) is 16.9 Å². The van der Waals surface area contributed by atoms with Crippen LogP contribution in [0.5, 0.6) is 0 Å². The third kappa shape index (κ3) is 5.18. The molecule has 0 fully saturated rings. The first kappa shape index (κ1) is 26.7. The van der Waals surface area contributed by atoms with E-state index in [9.17, 15) is 22.8 Å². The number of carbonyl (C=O) groups is 1. The van der Waals surface area contributed by atoms with Crippen LogP contribution in [0.2, 0.25) is 0 Å². The van der Waals surface area contributed by atoms with E-state index in [-0.39, 0.29) is 23.0 Å². The number of aliphatic hydroxyl groups excluding tert-OH is 1. The number of benzene rings is 1. The number of carbonyl (C=O) groups excluding carboxylic acids is 1. The molecule has 1 aromatic carbocycles. The van der Waals surface area contributed by atoms with Crippen LogP contribution in [-0.4, -0.2) is 47.4 Å². The van der Waals surface area contributed by atoms with Gasteiger partial charge in [0, 0.05) is 29.4 Å². The summed E-state index contributed by atoms with van der Waals surface area (Å²) in [5, 5.41) is 23.5. The molecule has 10 nitrogen and oxygen atoms in total. The van der Waals surface area contributed by atoms with Crippen molar-refractivity contribution < 1.29 is 23.1 Å². The van der Waals surface area contributed by atoms with E-state index in [1.807, 2.05) is 13.8 Å². The summed E-state index contributed by atoms with van der Waals surface area (Å²) in [6.45, 7) is 3.72. The van der Waals surface area contributed by atoms with E-state index in [1.54, 1.807) is 23.1 Å². The molecule has 0 unspecified atom stereocenters. The maximum absolute atomic E-state index is 14.8. The Labute approximate surface area is 214 Å². The van der Waals surface area contributed by atoms with Gasteiger partial charge in [-0.05, 0) is 39.0 Å². The second-order valence-electron chi connectivity index (χ2n) is 8.82. The van der Waals surface area contributed by atoms with Gasteiger partial charge in [-0.2, -0.15) is 18.6 Å². The summed E-state index contributed by atoms with van der Waals surface area (Å²) in [5.74, 6) is -5.79. The highest BCUT2D eigenvalue weighted by Gasteiger charge is 2.35. The van der Waals surface area contributed by atoms with Crippen LogP contribution < -0.4 is 10.9 Å². The predicted molar refractivity (Wildman–Crippen MR) is 130 cm³/mol. The zero-order chi connectivity index (χ0) is 27.6. The van der Waals surface area contributed by atoms with Gasteiger partial charge >= 0.3 is 0 Å². The Balaban J connectivity index is 1.62. The fraction of sp³-hybridized carbons (Fsp3) is 0.280. The zero-order valence-corrected chi connectivity index (χ0v) is 20.6. The lowest BCUT2D eigenvalue weighted by molar-refractivity contribution is -0.0584. The van der Waals surface area contributed by atoms with Crippen molar-refractivity contribution in [3.63, 3.8) is 0 Å². The van der Waals surface area contributed by atoms with E-state index in [0.29, 0.717) is 11.3 Å². The molecule has 0 spiro atoms. The SMILES string of the molecule is CC(C)n1nncc1-c1cncc(-n2nc(C(=O)N[C@H](C)c3cccc(C(F)(F)CO)c3F)ccc2=O)c1. The summed E-state index contributed by atoms with van der Waals surface area (Å²) in [5.41, 5.74) is -0.329. The summed E-state index contributed by atoms with van der Waals surface area (Å²) in [6, 6.07) is 6.29. The number of amides is 1. The molecule has 0 saturated heterocycles. The van der Waals surface area contributed by atoms with E-state index >= 15 is 0 Å². The molecule has 0 radical (unpaired) electrons. The van der Waals surface area contributed by atoms with Gasteiger partial charge in [-0.15, -0.1) is 5.10 Å². The number of pyridine rings is 1. The first-order chi connectivity index (χ1) is 18.0.